The predicted octanol–water partition coefficient (Wildman–Crippen LogP) is 6.32. The first-order valence-corrected chi connectivity index (χ1v) is 13.6. The van der Waals surface area contributed by atoms with E-state index < -0.39 is 0 Å². The van der Waals surface area contributed by atoms with Crippen molar-refractivity contribution in [2.75, 3.05) is 26.2 Å². The van der Waals surface area contributed by atoms with Crippen molar-refractivity contribution in [3.05, 3.63) is 86.1 Å². The summed E-state index contributed by atoms with van der Waals surface area (Å²) in [6, 6.07) is 15.0. The van der Waals surface area contributed by atoms with E-state index in [2.05, 4.69) is 25.3 Å². The van der Waals surface area contributed by atoms with Crippen molar-refractivity contribution in [3.8, 4) is 5.75 Å². The van der Waals surface area contributed by atoms with Crippen LogP contribution < -0.4 is 4.74 Å². The Hall–Kier alpha value is -2.83. The molecule has 0 saturated heterocycles. The average Bonchev–Trinajstić information content (AvgIpc) is 3.33. The first-order chi connectivity index (χ1) is 17.2. The van der Waals surface area contributed by atoms with Crippen molar-refractivity contribution in [2.45, 2.75) is 40.2 Å². The highest BCUT2D eigenvalue weighted by atomic mass is 35.5. The average molecular weight is 525 g/mol. The van der Waals surface area contributed by atoms with Crippen LogP contribution in [0.1, 0.15) is 51.8 Å². The summed E-state index contributed by atoms with van der Waals surface area (Å²) < 4.78 is 6.16. The Labute approximate surface area is 222 Å². The van der Waals surface area contributed by atoms with E-state index in [1.54, 1.807) is 16.2 Å². The SMILES string of the molecule is Cc1cc(OC[C@@H]2c3ccsc3CCN2C(=O)CN(CC(C)C)C(=O)c2ccccc2C)ccc1Cl. The minimum atomic E-state index is -0.210. The molecule has 0 unspecified atom stereocenters. The predicted molar refractivity (Wildman–Crippen MR) is 146 cm³/mol. The highest BCUT2D eigenvalue weighted by Crippen LogP contribution is 2.34. The number of carbonyl (C=O) groups is 2. The van der Waals surface area contributed by atoms with Crippen LogP contribution in [-0.2, 0) is 11.2 Å². The van der Waals surface area contributed by atoms with E-state index in [0.29, 0.717) is 30.3 Å². The molecule has 0 N–H and O–H groups in total. The second-order valence-electron chi connectivity index (χ2n) is 9.77. The molecule has 36 heavy (non-hydrogen) atoms. The molecule has 0 aliphatic carbocycles. The third-order valence-electron chi connectivity index (χ3n) is 6.53. The zero-order valence-electron chi connectivity index (χ0n) is 21.3. The Morgan fingerprint density at radius 1 is 1.14 bits per heavy atom. The maximum atomic E-state index is 13.7. The molecule has 3 aromatic rings. The molecule has 1 aliphatic rings. The van der Waals surface area contributed by atoms with E-state index in [0.717, 1.165) is 28.9 Å². The van der Waals surface area contributed by atoms with Gasteiger partial charge in [0.2, 0.25) is 5.91 Å². The van der Waals surface area contributed by atoms with E-state index in [9.17, 15) is 9.59 Å². The van der Waals surface area contributed by atoms with Gasteiger partial charge >= 0.3 is 0 Å². The monoisotopic (exact) mass is 524 g/mol. The van der Waals surface area contributed by atoms with Gasteiger partial charge in [0.15, 0.2) is 0 Å². The fourth-order valence-electron chi connectivity index (χ4n) is 4.65. The molecule has 2 heterocycles. The summed E-state index contributed by atoms with van der Waals surface area (Å²) in [5.41, 5.74) is 3.63. The molecule has 1 atom stereocenters. The molecule has 7 heteroatoms. The Kier molecular flexibility index (Phi) is 8.37. The zero-order valence-corrected chi connectivity index (χ0v) is 22.9. The number of carbonyl (C=O) groups excluding carboxylic acids is 2. The lowest BCUT2D eigenvalue weighted by Gasteiger charge is -2.37. The molecule has 2 aromatic carbocycles. The number of hydrogen-bond donors (Lipinski definition) is 0. The van der Waals surface area contributed by atoms with Crippen LogP contribution in [0.4, 0.5) is 0 Å². The highest BCUT2D eigenvalue weighted by molar-refractivity contribution is 7.10. The molecule has 0 bridgehead atoms. The number of nitrogens with zero attached hydrogens (tertiary/aromatic N) is 2. The highest BCUT2D eigenvalue weighted by Gasteiger charge is 2.34. The molecule has 1 aromatic heterocycles. The summed E-state index contributed by atoms with van der Waals surface area (Å²) in [6.45, 7) is 9.50. The first-order valence-electron chi connectivity index (χ1n) is 12.3. The van der Waals surface area contributed by atoms with Crippen molar-refractivity contribution in [1.29, 1.82) is 0 Å². The molecule has 2 amide bonds. The van der Waals surface area contributed by atoms with Crippen LogP contribution in [0.5, 0.6) is 5.75 Å². The summed E-state index contributed by atoms with van der Waals surface area (Å²) in [6.07, 6.45) is 0.811. The van der Waals surface area contributed by atoms with Gasteiger partial charge < -0.3 is 14.5 Å². The molecule has 4 rings (SSSR count). The van der Waals surface area contributed by atoms with Crippen LogP contribution >= 0.6 is 22.9 Å². The molecule has 1 aliphatic heterocycles. The van der Waals surface area contributed by atoms with Gasteiger partial charge in [-0.3, -0.25) is 9.59 Å². The second-order valence-corrected chi connectivity index (χ2v) is 11.2. The van der Waals surface area contributed by atoms with Crippen molar-refractivity contribution >= 4 is 34.8 Å². The number of fused-ring (bicyclic) bond motifs is 1. The van der Waals surface area contributed by atoms with Gasteiger partial charge in [0.05, 0.1) is 6.04 Å². The fraction of sp³-hybridized carbons (Fsp3) is 0.379. The van der Waals surface area contributed by atoms with Gasteiger partial charge in [-0.1, -0.05) is 43.6 Å². The molecule has 0 fully saturated rings. The normalized spacial score (nSPS) is 15.1. The minimum Gasteiger partial charge on any atom is -0.491 e. The number of thiophene rings is 1. The molecular weight excluding hydrogens is 492 g/mol. The lowest BCUT2D eigenvalue weighted by atomic mass is 10.00. The van der Waals surface area contributed by atoms with E-state index in [1.165, 1.54) is 4.88 Å². The van der Waals surface area contributed by atoms with E-state index >= 15 is 0 Å². The van der Waals surface area contributed by atoms with Gasteiger partial charge in [-0.15, -0.1) is 11.3 Å². The van der Waals surface area contributed by atoms with Gasteiger partial charge in [0.1, 0.15) is 18.9 Å². The van der Waals surface area contributed by atoms with Crippen molar-refractivity contribution in [3.63, 3.8) is 0 Å². The summed E-state index contributed by atoms with van der Waals surface area (Å²) in [4.78, 5) is 32.0. The quantitative estimate of drug-likeness (QED) is 0.346. The third kappa shape index (κ3) is 5.93. The minimum absolute atomic E-state index is 0.0430. The lowest BCUT2D eigenvalue weighted by Crippen LogP contribution is -2.48. The van der Waals surface area contributed by atoms with Gasteiger partial charge in [0.25, 0.3) is 5.91 Å². The maximum Gasteiger partial charge on any atom is 0.254 e. The van der Waals surface area contributed by atoms with E-state index in [-0.39, 0.29) is 30.3 Å². The molecule has 5 nitrogen and oxygen atoms in total. The van der Waals surface area contributed by atoms with Crippen molar-refractivity contribution < 1.29 is 14.3 Å². The van der Waals surface area contributed by atoms with E-state index in [4.69, 9.17) is 16.3 Å². The first kappa shape index (κ1) is 26.2. The summed E-state index contributed by atoms with van der Waals surface area (Å²) >= 11 is 7.89. The van der Waals surface area contributed by atoms with Crippen molar-refractivity contribution in [1.82, 2.24) is 9.80 Å². The number of ether oxygens (including phenoxy) is 1. The number of aryl methyl sites for hydroxylation is 2. The lowest BCUT2D eigenvalue weighted by molar-refractivity contribution is -0.135. The number of halogens is 1. The number of amides is 2. The fourth-order valence-corrected chi connectivity index (χ4v) is 5.70. The van der Waals surface area contributed by atoms with Gasteiger partial charge in [0, 0.05) is 28.6 Å². The Morgan fingerprint density at radius 3 is 2.64 bits per heavy atom. The molecule has 0 radical (unpaired) electrons. The number of benzene rings is 2. The second kappa shape index (κ2) is 11.5. The molecule has 190 valence electrons. The maximum absolute atomic E-state index is 13.7. The summed E-state index contributed by atoms with van der Waals surface area (Å²) in [5, 5.41) is 2.77. The van der Waals surface area contributed by atoms with Crippen LogP contribution in [0.2, 0.25) is 5.02 Å². The van der Waals surface area contributed by atoms with Gasteiger partial charge in [-0.2, -0.15) is 0 Å². The largest absolute Gasteiger partial charge is 0.491 e. The van der Waals surface area contributed by atoms with E-state index in [1.807, 2.05) is 61.2 Å². The molecule has 0 spiro atoms. The summed E-state index contributed by atoms with van der Waals surface area (Å²) in [7, 11) is 0. The van der Waals surface area contributed by atoms with Crippen LogP contribution in [0, 0.1) is 19.8 Å². The molecular formula is C29H33ClN2O3S. The van der Waals surface area contributed by atoms with Crippen molar-refractivity contribution in [2.24, 2.45) is 5.92 Å². The van der Waals surface area contributed by atoms with Gasteiger partial charge in [-0.05, 0) is 78.6 Å². The van der Waals surface area contributed by atoms with Crippen LogP contribution in [-0.4, -0.2) is 47.9 Å². The zero-order chi connectivity index (χ0) is 25.8. The Morgan fingerprint density at radius 2 is 1.92 bits per heavy atom. The van der Waals surface area contributed by atoms with Crippen LogP contribution in [0.3, 0.4) is 0 Å². The Bertz CT molecular complexity index is 1240. The topological polar surface area (TPSA) is 49.9 Å². The van der Waals surface area contributed by atoms with Crippen LogP contribution in [0.15, 0.2) is 53.9 Å². The molecule has 0 saturated carbocycles. The summed E-state index contributed by atoms with van der Waals surface area (Å²) in [5.74, 6) is 0.800. The Balaban J connectivity index is 1.55. The number of hydrogen-bond acceptors (Lipinski definition) is 4. The smallest absolute Gasteiger partial charge is 0.254 e. The third-order valence-corrected chi connectivity index (χ3v) is 7.95. The number of rotatable bonds is 8. The van der Waals surface area contributed by atoms with Gasteiger partial charge in [-0.25, -0.2) is 0 Å². The standard InChI is InChI=1S/C29H33ClN2O3S/c1-19(2)16-31(29(34)23-8-6-5-7-20(23)3)17-28(33)32-13-11-27-24(12-14-36-27)26(32)18-35-22-9-10-25(30)21(4)15-22/h5-10,12,14-15,19,26H,11,13,16-18H2,1-4H3/t26-/m1/s1. The van der Waals surface area contributed by atoms with Crippen LogP contribution in [0.25, 0.3) is 0 Å².